The van der Waals surface area contributed by atoms with Crippen LogP contribution >= 0.6 is 0 Å². The molecule has 1 aromatic heterocycles. The van der Waals surface area contributed by atoms with Crippen molar-refractivity contribution >= 4 is 5.91 Å². The first-order valence-corrected chi connectivity index (χ1v) is 12.0. The molecule has 2 unspecified atom stereocenters. The van der Waals surface area contributed by atoms with Crippen LogP contribution in [0.4, 0.5) is 4.39 Å². The maximum absolute atomic E-state index is 14.7. The van der Waals surface area contributed by atoms with Gasteiger partial charge in [-0.3, -0.25) is 4.79 Å². The van der Waals surface area contributed by atoms with Crippen molar-refractivity contribution in [3.05, 3.63) is 102 Å². The second kappa shape index (κ2) is 10.1. The second-order valence-electron chi connectivity index (χ2n) is 8.77. The van der Waals surface area contributed by atoms with Gasteiger partial charge in [-0.1, -0.05) is 48.5 Å². The molecule has 0 bridgehead atoms. The molecule has 6 heteroatoms. The van der Waals surface area contributed by atoms with Gasteiger partial charge in [0, 0.05) is 29.8 Å². The number of ether oxygens (including phenoxy) is 1. The minimum absolute atomic E-state index is 0.0498. The normalized spacial score (nSPS) is 16.6. The fourth-order valence-corrected chi connectivity index (χ4v) is 4.45. The Morgan fingerprint density at radius 3 is 2.54 bits per heavy atom. The lowest BCUT2D eigenvalue weighted by molar-refractivity contribution is -0.122. The van der Waals surface area contributed by atoms with Gasteiger partial charge in [-0.05, 0) is 61.6 Å². The number of carbonyl (C=O) groups is 1. The molecule has 3 aromatic carbocycles. The van der Waals surface area contributed by atoms with Crippen LogP contribution in [-0.4, -0.2) is 28.8 Å². The van der Waals surface area contributed by atoms with Crippen molar-refractivity contribution in [2.75, 3.05) is 13.2 Å². The zero-order valence-corrected chi connectivity index (χ0v) is 19.7. The predicted octanol–water partition coefficient (Wildman–Crippen LogP) is 5.54. The topological polar surface area (TPSA) is 56.2 Å². The highest BCUT2D eigenvalue weighted by Crippen LogP contribution is 2.50. The van der Waals surface area contributed by atoms with Crippen molar-refractivity contribution in [2.24, 2.45) is 5.92 Å². The first-order valence-electron chi connectivity index (χ1n) is 12.0. The molecule has 1 saturated carbocycles. The molecule has 1 fully saturated rings. The molecule has 4 aromatic rings. The highest BCUT2D eigenvalue weighted by Gasteiger charge is 2.46. The number of hydrogen-bond donors (Lipinski definition) is 1. The molecule has 5 rings (SSSR count). The fraction of sp³-hybridized carbons (Fsp3) is 0.241. The molecule has 1 amide bonds. The largest absolute Gasteiger partial charge is 0.491 e. The Kier molecular flexibility index (Phi) is 6.62. The van der Waals surface area contributed by atoms with E-state index in [2.05, 4.69) is 17.4 Å². The van der Waals surface area contributed by atoms with E-state index in [1.54, 1.807) is 6.07 Å². The molecular formula is C29H28FN3O2. The number of nitrogens with one attached hydrogen (secondary N) is 1. The van der Waals surface area contributed by atoms with Crippen molar-refractivity contribution in [1.29, 1.82) is 0 Å². The zero-order valence-electron chi connectivity index (χ0n) is 19.7. The standard InChI is InChI=1S/C29H28FN3O2/c1-2-35-27-14-13-21(17-26(27)30)28-25(19-33(32-28)22-11-7-4-8-12-22)23-18-24(23)29(34)31-16-15-20-9-5-3-6-10-20/h3-14,17,19,23-24H,2,15-16,18H2,1H3,(H,31,34). The first-order chi connectivity index (χ1) is 17.1. The predicted molar refractivity (Wildman–Crippen MR) is 134 cm³/mol. The quantitative estimate of drug-likeness (QED) is 0.350. The Morgan fingerprint density at radius 1 is 1.09 bits per heavy atom. The van der Waals surface area contributed by atoms with E-state index in [0.29, 0.717) is 24.4 Å². The van der Waals surface area contributed by atoms with Crippen LogP contribution in [0, 0.1) is 11.7 Å². The molecule has 0 saturated heterocycles. The summed E-state index contributed by atoms with van der Waals surface area (Å²) in [5.41, 5.74) is 4.44. The van der Waals surface area contributed by atoms with Crippen LogP contribution in [0.3, 0.4) is 0 Å². The van der Waals surface area contributed by atoms with E-state index >= 15 is 0 Å². The number of para-hydroxylation sites is 1. The number of nitrogens with zero attached hydrogens (tertiary/aromatic N) is 2. The van der Waals surface area contributed by atoms with E-state index in [4.69, 9.17) is 9.84 Å². The minimum Gasteiger partial charge on any atom is -0.491 e. The lowest BCUT2D eigenvalue weighted by atomic mass is 10.0. The van der Waals surface area contributed by atoms with E-state index in [1.165, 1.54) is 11.6 Å². The monoisotopic (exact) mass is 469 g/mol. The van der Waals surface area contributed by atoms with Crippen LogP contribution in [-0.2, 0) is 11.2 Å². The van der Waals surface area contributed by atoms with Gasteiger partial charge in [-0.25, -0.2) is 9.07 Å². The third-order valence-electron chi connectivity index (χ3n) is 6.35. The zero-order chi connectivity index (χ0) is 24.2. The SMILES string of the molecule is CCOc1ccc(-c2nn(-c3ccccc3)cc2C2CC2C(=O)NCCc2ccccc2)cc1F. The van der Waals surface area contributed by atoms with Crippen LogP contribution in [0.1, 0.15) is 30.4 Å². The Labute approximate surface area is 204 Å². The summed E-state index contributed by atoms with van der Waals surface area (Å²) in [4.78, 5) is 12.9. The fourth-order valence-electron chi connectivity index (χ4n) is 4.45. The number of halogens is 1. The van der Waals surface area contributed by atoms with Crippen LogP contribution in [0.5, 0.6) is 5.75 Å². The Bertz CT molecular complexity index is 1300. The summed E-state index contributed by atoms with van der Waals surface area (Å²) in [7, 11) is 0. The van der Waals surface area contributed by atoms with E-state index in [9.17, 15) is 9.18 Å². The number of aromatic nitrogens is 2. The van der Waals surface area contributed by atoms with Gasteiger partial charge in [-0.2, -0.15) is 5.10 Å². The summed E-state index contributed by atoms with van der Waals surface area (Å²) in [5.74, 6) is -0.195. The molecule has 0 spiro atoms. The van der Waals surface area contributed by atoms with Crippen LogP contribution in [0.25, 0.3) is 16.9 Å². The Morgan fingerprint density at radius 2 is 1.83 bits per heavy atom. The van der Waals surface area contributed by atoms with Crippen molar-refractivity contribution < 1.29 is 13.9 Å². The number of amides is 1. The van der Waals surface area contributed by atoms with E-state index in [-0.39, 0.29) is 23.5 Å². The summed E-state index contributed by atoms with van der Waals surface area (Å²) < 4.78 is 21.8. The van der Waals surface area contributed by atoms with Crippen LogP contribution < -0.4 is 10.1 Å². The summed E-state index contributed by atoms with van der Waals surface area (Å²) in [6.45, 7) is 2.82. The molecule has 35 heavy (non-hydrogen) atoms. The molecule has 178 valence electrons. The van der Waals surface area contributed by atoms with Crippen molar-refractivity contribution in [3.63, 3.8) is 0 Å². The van der Waals surface area contributed by atoms with Gasteiger partial charge in [0.2, 0.25) is 5.91 Å². The molecular weight excluding hydrogens is 441 g/mol. The molecule has 1 aliphatic carbocycles. The van der Waals surface area contributed by atoms with Gasteiger partial charge >= 0.3 is 0 Å². The van der Waals surface area contributed by atoms with Gasteiger partial charge in [-0.15, -0.1) is 0 Å². The number of hydrogen-bond acceptors (Lipinski definition) is 3. The third-order valence-corrected chi connectivity index (χ3v) is 6.35. The van der Waals surface area contributed by atoms with Crippen LogP contribution in [0.15, 0.2) is 85.1 Å². The molecule has 1 N–H and O–H groups in total. The molecule has 0 aliphatic heterocycles. The highest BCUT2D eigenvalue weighted by molar-refractivity contribution is 5.83. The average molecular weight is 470 g/mol. The minimum atomic E-state index is -0.421. The van der Waals surface area contributed by atoms with Gasteiger partial charge in [0.25, 0.3) is 0 Å². The van der Waals surface area contributed by atoms with Crippen molar-refractivity contribution in [2.45, 2.75) is 25.7 Å². The van der Waals surface area contributed by atoms with E-state index < -0.39 is 5.82 Å². The Hall–Kier alpha value is -3.93. The first kappa shape index (κ1) is 22.8. The molecule has 0 radical (unpaired) electrons. The van der Waals surface area contributed by atoms with E-state index in [1.807, 2.05) is 72.4 Å². The number of benzene rings is 3. The summed E-state index contributed by atoms with van der Waals surface area (Å²) >= 11 is 0. The summed E-state index contributed by atoms with van der Waals surface area (Å²) in [6, 6.07) is 24.8. The van der Waals surface area contributed by atoms with Gasteiger partial charge < -0.3 is 10.1 Å². The van der Waals surface area contributed by atoms with Crippen molar-refractivity contribution in [3.8, 4) is 22.7 Å². The Balaban J connectivity index is 1.37. The molecule has 5 nitrogen and oxygen atoms in total. The summed E-state index contributed by atoms with van der Waals surface area (Å²) in [6.07, 6.45) is 3.53. The average Bonchev–Trinajstić information content (AvgIpc) is 3.57. The number of carbonyl (C=O) groups excluding carboxylic acids is 1. The lowest BCUT2D eigenvalue weighted by Crippen LogP contribution is -2.27. The maximum atomic E-state index is 14.7. The molecule has 1 heterocycles. The van der Waals surface area contributed by atoms with E-state index in [0.717, 1.165) is 24.1 Å². The smallest absolute Gasteiger partial charge is 0.223 e. The van der Waals surface area contributed by atoms with Gasteiger partial charge in [0.05, 0.1) is 18.0 Å². The summed E-state index contributed by atoms with van der Waals surface area (Å²) in [5, 5.41) is 7.88. The highest BCUT2D eigenvalue weighted by atomic mass is 19.1. The lowest BCUT2D eigenvalue weighted by Gasteiger charge is -2.07. The van der Waals surface area contributed by atoms with Gasteiger partial charge in [0.15, 0.2) is 11.6 Å². The third kappa shape index (κ3) is 5.11. The van der Waals surface area contributed by atoms with Crippen LogP contribution in [0.2, 0.25) is 0 Å². The molecule has 2 atom stereocenters. The maximum Gasteiger partial charge on any atom is 0.223 e. The second-order valence-corrected chi connectivity index (χ2v) is 8.77. The molecule has 1 aliphatic rings. The number of rotatable bonds is 9. The van der Waals surface area contributed by atoms with Gasteiger partial charge in [0.1, 0.15) is 0 Å². The van der Waals surface area contributed by atoms with Crippen molar-refractivity contribution in [1.82, 2.24) is 15.1 Å².